The maximum atomic E-state index is 13.8. The van der Waals surface area contributed by atoms with Crippen LogP contribution in [0, 0.1) is 5.92 Å². The summed E-state index contributed by atoms with van der Waals surface area (Å²) < 4.78 is 39.4. The second kappa shape index (κ2) is 10.6. The number of halogens is 3. The number of hydrogen-bond donors (Lipinski definition) is 1. The third kappa shape index (κ3) is 5.74. The summed E-state index contributed by atoms with van der Waals surface area (Å²) >= 11 is 0. The molecule has 3 aromatic rings. The van der Waals surface area contributed by atoms with Gasteiger partial charge >= 0.3 is 12.2 Å². The van der Waals surface area contributed by atoms with E-state index in [1.807, 2.05) is 35.4 Å². The van der Waals surface area contributed by atoms with Crippen molar-refractivity contribution in [2.24, 2.45) is 5.92 Å². The Morgan fingerprint density at radius 3 is 2.27 bits per heavy atom. The molecule has 1 aliphatic rings. The standard InChI is InChI=1S/C25H32B5F3N6O/c1-13(2)20-23(26,27)39(25(28,29)30)22(40)38(20)19-9-10-34-21(37-19)36-14(3)18-8-7-16(12-35-18)15-5-4-6-17(11-15)24(31,32)33/h4-14,20H,26-30H2,1-3H3,(H,34,36,37)/t14-,20?/m0/s1. The van der Waals surface area contributed by atoms with Gasteiger partial charge in [0, 0.05) is 23.3 Å². The number of nitrogens with one attached hydrogen (secondary N) is 1. The van der Waals surface area contributed by atoms with Gasteiger partial charge in [0.25, 0.3) is 0 Å². The first-order valence-corrected chi connectivity index (χ1v) is 13.4. The van der Waals surface area contributed by atoms with Gasteiger partial charge in [0.2, 0.25) is 5.95 Å². The van der Waals surface area contributed by atoms with Crippen molar-refractivity contribution in [2.75, 3.05) is 10.2 Å². The van der Waals surface area contributed by atoms with Crippen molar-refractivity contribution in [2.45, 2.75) is 49.6 Å². The van der Waals surface area contributed by atoms with Crippen LogP contribution in [0.3, 0.4) is 0 Å². The van der Waals surface area contributed by atoms with Crippen LogP contribution < -0.4 is 10.2 Å². The molecule has 40 heavy (non-hydrogen) atoms. The maximum absolute atomic E-state index is 13.8. The summed E-state index contributed by atoms with van der Waals surface area (Å²) in [4.78, 5) is 31.0. The Kier molecular flexibility index (Phi) is 7.82. The van der Waals surface area contributed by atoms with Crippen molar-refractivity contribution in [1.29, 1.82) is 0 Å². The minimum atomic E-state index is -4.41. The number of nitrogens with zero attached hydrogens (tertiary/aromatic N) is 5. The summed E-state index contributed by atoms with van der Waals surface area (Å²) in [6, 6.07) is 9.92. The number of amides is 2. The number of urea groups is 1. The summed E-state index contributed by atoms with van der Waals surface area (Å²) in [6.07, 6.45) is -1.23. The van der Waals surface area contributed by atoms with Gasteiger partial charge in [-0.15, -0.1) is 0 Å². The predicted molar refractivity (Wildman–Crippen MR) is 165 cm³/mol. The molecule has 0 saturated carbocycles. The molecule has 1 fully saturated rings. The van der Waals surface area contributed by atoms with Gasteiger partial charge in [0.1, 0.15) is 45.0 Å². The Balaban J connectivity index is 1.56. The molecule has 204 valence electrons. The topological polar surface area (TPSA) is 74.2 Å². The molecule has 0 radical (unpaired) electrons. The molecular weight excluding hydrogens is 511 g/mol. The first-order chi connectivity index (χ1) is 18.5. The fraction of sp³-hybridized carbons (Fsp3) is 0.360. The zero-order valence-electron chi connectivity index (χ0n) is 24.2. The molecule has 0 spiro atoms. The van der Waals surface area contributed by atoms with Gasteiger partial charge in [-0.05, 0) is 47.9 Å². The van der Waals surface area contributed by atoms with E-state index in [1.165, 1.54) is 6.07 Å². The van der Waals surface area contributed by atoms with E-state index in [4.69, 9.17) is 4.98 Å². The average Bonchev–Trinajstić information content (AvgIpc) is 3.08. The minimum absolute atomic E-state index is 0.0965. The Morgan fingerprint density at radius 1 is 1.00 bits per heavy atom. The van der Waals surface area contributed by atoms with Gasteiger partial charge in [0.15, 0.2) is 0 Å². The van der Waals surface area contributed by atoms with Crippen molar-refractivity contribution >= 4 is 57.0 Å². The van der Waals surface area contributed by atoms with Gasteiger partial charge in [-0.3, -0.25) is 9.88 Å². The zero-order chi connectivity index (χ0) is 29.6. The fourth-order valence-corrected chi connectivity index (χ4v) is 5.95. The summed E-state index contributed by atoms with van der Waals surface area (Å²) in [5.41, 5.74) is 0.986. The van der Waals surface area contributed by atoms with Crippen molar-refractivity contribution in [1.82, 2.24) is 19.9 Å². The van der Waals surface area contributed by atoms with Gasteiger partial charge in [-0.2, -0.15) is 18.2 Å². The summed E-state index contributed by atoms with van der Waals surface area (Å²) in [6.45, 7) is 6.11. The van der Waals surface area contributed by atoms with E-state index in [-0.39, 0.29) is 29.3 Å². The quantitative estimate of drug-likeness (QED) is 0.438. The van der Waals surface area contributed by atoms with Gasteiger partial charge in [-0.1, -0.05) is 32.0 Å². The highest BCUT2D eigenvalue weighted by molar-refractivity contribution is 6.61. The molecule has 2 atom stereocenters. The second-order valence-corrected chi connectivity index (χ2v) is 12.2. The third-order valence-corrected chi connectivity index (χ3v) is 7.26. The van der Waals surface area contributed by atoms with Gasteiger partial charge < -0.3 is 10.2 Å². The van der Waals surface area contributed by atoms with Crippen molar-refractivity contribution in [3.8, 4) is 11.1 Å². The van der Waals surface area contributed by atoms with Gasteiger partial charge in [0.05, 0.1) is 23.3 Å². The smallest absolute Gasteiger partial charge is 0.350 e. The van der Waals surface area contributed by atoms with Crippen molar-refractivity contribution in [3.05, 3.63) is 66.1 Å². The van der Waals surface area contributed by atoms with Crippen LogP contribution in [0.2, 0.25) is 0 Å². The lowest BCUT2D eigenvalue weighted by molar-refractivity contribution is -0.137. The molecule has 2 amide bonds. The van der Waals surface area contributed by atoms with Crippen molar-refractivity contribution < 1.29 is 18.0 Å². The van der Waals surface area contributed by atoms with E-state index >= 15 is 0 Å². The van der Waals surface area contributed by atoms with E-state index in [2.05, 4.69) is 44.8 Å². The molecule has 1 N–H and O–H groups in total. The number of hydrogen-bond acceptors (Lipinski definition) is 5. The van der Waals surface area contributed by atoms with E-state index in [0.717, 1.165) is 12.1 Å². The summed E-state index contributed by atoms with van der Waals surface area (Å²) in [7, 11) is 10.3. The Bertz CT molecular complexity index is 1380. The molecule has 1 saturated heterocycles. The van der Waals surface area contributed by atoms with Crippen LogP contribution in [0.15, 0.2) is 54.9 Å². The molecule has 1 aromatic carbocycles. The lowest BCUT2D eigenvalue weighted by atomic mass is 9.44. The molecule has 0 bridgehead atoms. The Morgan fingerprint density at radius 2 is 1.70 bits per heavy atom. The number of pyridine rings is 1. The predicted octanol–water partition coefficient (Wildman–Crippen LogP) is 0.428. The maximum Gasteiger partial charge on any atom is 0.416 e. The number of carbonyl (C=O) groups is 1. The van der Waals surface area contributed by atoms with Crippen molar-refractivity contribution in [3.63, 3.8) is 0 Å². The van der Waals surface area contributed by atoms with E-state index in [1.54, 1.807) is 41.6 Å². The first kappa shape index (κ1) is 29.6. The number of anilines is 2. The molecule has 1 unspecified atom stereocenters. The van der Waals surface area contributed by atoms with Crippen LogP contribution in [0.25, 0.3) is 11.1 Å². The Labute approximate surface area is 237 Å². The SMILES string of the molecule is BC(B)(B)N1C(=O)N(c2ccnc(N[C@@H](C)c3ccc(-c4cccc(C(F)(F)F)c4)cn3)n2)C(C(C)C)C1(B)B. The highest BCUT2D eigenvalue weighted by Gasteiger charge is 2.55. The fourth-order valence-electron chi connectivity index (χ4n) is 5.95. The van der Waals surface area contributed by atoms with Crippen LogP contribution >= 0.6 is 0 Å². The lowest BCUT2D eigenvalue weighted by Gasteiger charge is -2.45. The summed E-state index contributed by atoms with van der Waals surface area (Å²) in [5, 5.41) is 2.44. The number of carbonyl (C=O) groups excluding carboxylic acids is 1. The summed E-state index contributed by atoms with van der Waals surface area (Å²) in [5.74, 6) is 1.04. The highest BCUT2D eigenvalue weighted by Crippen LogP contribution is 2.38. The molecule has 2 aromatic heterocycles. The molecule has 15 heteroatoms. The molecule has 1 aliphatic heterocycles. The zero-order valence-corrected chi connectivity index (χ0v) is 24.2. The number of benzene rings is 1. The molecule has 0 aliphatic carbocycles. The molecule has 7 nitrogen and oxygen atoms in total. The monoisotopic (exact) mass is 544 g/mol. The number of rotatable bonds is 7. The van der Waals surface area contributed by atoms with Crippen LogP contribution in [0.5, 0.6) is 0 Å². The normalized spacial score (nSPS) is 18.3. The number of aromatic nitrogens is 3. The van der Waals surface area contributed by atoms with E-state index in [9.17, 15) is 18.0 Å². The van der Waals surface area contributed by atoms with Crippen LogP contribution in [-0.2, 0) is 6.18 Å². The third-order valence-electron chi connectivity index (χ3n) is 7.26. The second-order valence-electron chi connectivity index (χ2n) is 12.2. The van der Waals surface area contributed by atoms with Crippen LogP contribution in [0.4, 0.5) is 29.7 Å². The largest absolute Gasteiger partial charge is 0.416 e. The van der Waals surface area contributed by atoms with E-state index < -0.39 is 17.1 Å². The van der Waals surface area contributed by atoms with Crippen LogP contribution in [-0.4, -0.2) is 81.7 Å². The molecular formula is C25H32B5F3N6O. The highest BCUT2D eigenvalue weighted by atomic mass is 19.4. The van der Waals surface area contributed by atoms with E-state index in [0.29, 0.717) is 28.6 Å². The lowest BCUT2D eigenvalue weighted by Crippen LogP contribution is -2.64. The molecule has 4 rings (SSSR count). The minimum Gasteiger partial charge on any atom is -0.350 e. The van der Waals surface area contributed by atoms with Crippen LogP contribution in [0.1, 0.15) is 38.1 Å². The Hall–Kier alpha value is -3.37. The molecule has 3 heterocycles. The van der Waals surface area contributed by atoms with Gasteiger partial charge in [-0.25, -0.2) is 9.78 Å². The number of alkyl halides is 3. The average molecular weight is 544 g/mol. The first-order valence-electron chi connectivity index (χ1n) is 13.4.